The molecular formula is C21H26ClFN4O6S2. The van der Waals surface area contributed by atoms with Gasteiger partial charge in [-0.3, -0.25) is 0 Å². The molecule has 1 aromatic heterocycles. The molecule has 1 aliphatic heterocycles. The fourth-order valence-electron chi connectivity index (χ4n) is 3.76. The summed E-state index contributed by atoms with van der Waals surface area (Å²) in [7, 11) is -3.18. The third-order valence-corrected chi connectivity index (χ3v) is 7.99. The van der Waals surface area contributed by atoms with Crippen LogP contribution in [0.1, 0.15) is 34.1 Å². The number of rotatable bonds is 5. The normalized spacial score (nSPS) is 18.4. The molecule has 0 saturated carbocycles. The average Bonchev–Trinajstić information content (AvgIpc) is 3.37. The number of halogens is 2. The second-order valence-electron chi connectivity index (χ2n) is 9.11. The van der Waals surface area contributed by atoms with Crippen molar-refractivity contribution in [2.24, 2.45) is 0 Å². The maximum atomic E-state index is 15.3. The Morgan fingerprint density at radius 3 is 2.51 bits per heavy atom. The average molecular weight is 549 g/mol. The van der Waals surface area contributed by atoms with Gasteiger partial charge in [0, 0.05) is 37.1 Å². The van der Waals surface area contributed by atoms with Gasteiger partial charge in [-0.1, -0.05) is 11.6 Å². The van der Waals surface area contributed by atoms with Crippen molar-refractivity contribution >= 4 is 56.7 Å². The molecule has 0 radical (unpaired) electrons. The van der Waals surface area contributed by atoms with Gasteiger partial charge in [0.15, 0.2) is 5.82 Å². The quantitative estimate of drug-likeness (QED) is 0.573. The molecule has 1 saturated heterocycles. The number of amides is 2. The van der Waals surface area contributed by atoms with E-state index in [1.54, 1.807) is 39.6 Å². The molecule has 2 heterocycles. The Morgan fingerprint density at radius 2 is 2.00 bits per heavy atom. The third-order valence-electron chi connectivity index (χ3n) is 5.43. The van der Waals surface area contributed by atoms with Gasteiger partial charge >= 0.3 is 12.2 Å². The van der Waals surface area contributed by atoms with Crippen molar-refractivity contribution < 1.29 is 32.2 Å². The minimum Gasteiger partial charge on any atom is -0.465 e. The molecule has 10 nitrogen and oxygen atoms in total. The van der Waals surface area contributed by atoms with E-state index in [0.717, 1.165) is 23.5 Å². The van der Waals surface area contributed by atoms with Crippen molar-refractivity contribution in [1.29, 1.82) is 0 Å². The van der Waals surface area contributed by atoms with E-state index in [9.17, 15) is 23.1 Å². The van der Waals surface area contributed by atoms with Crippen LogP contribution in [0.5, 0.6) is 0 Å². The van der Waals surface area contributed by atoms with Gasteiger partial charge in [-0.15, -0.1) is 15.6 Å². The summed E-state index contributed by atoms with van der Waals surface area (Å²) in [6.45, 7) is 6.64. The van der Waals surface area contributed by atoms with Gasteiger partial charge in [0.25, 0.3) is 10.0 Å². The lowest BCUT2D eigenvalue weighted by molar-refractivity contribution is 0.0608. The Bertz CT molecular complexity index is 1220. The number of nitrogens with zero attached hydrogens (tertiary/aromatic N) is 4. The Kier molecular flexibility index (Phi) is 7.53. The number of likely N-dealkylation sites (N-methyl/N-ethyl adjacent to an activating group) is 1. The standard InChI is InChI=1S/C21H26ClFN4O6S2/c1-12-6-13(9-26(12)19(28)29)25(5)16-8-15(23)17(7-14(16)22)35(31,32)27(18-10-34-11-24-18)20(30)33-21(2,3)4/h7-8,10-13H,6,9H2,1-5H3,(H,28,29)/t12-,13-/m0/s1. The van der Waals surface area contributed by atoms with E-state index >= 15 is 4.39 Å². The van der Waals surface area contributed by atoms with E-state index in [0.29, 0.717) is 10.7 Å². The number of carboxylic acid groups (broad SMARTS) is 1. The number of carbonyl (C=O) groups excluding carboxylic acids is 1. The predicted octanol–water partition coefficient (Wildman–Crippen LogP) is 4.64. The SMILES string of the molecule is C[C@H]1C[C@H](N(C)c2cc(F)c(S(=O)(=O)N(C(=O)OC(C)(C)C)c3cscn3)cc2Cl)CN1C(=O)O. The molecule has 0 bridgehead atoms. The summed E-state index contributed by atoms with van der Waals surface area (Å²) < 4.78 is 47.7. The molecule has 2 atom stereocenters. The first kappa shape index (κ1) is 27.0. The number of likely N-dealkylation sites (tertiary alicyclic amines) is 1. The first-order valence-corrected chi connectivity index (χ1v) is 13.3. The fraction of sp³-hybridized carbons (Fsp3) is 0.476. The minimum absolute atomic E-state index is 0.0867. The van der Waals surface area contributed by atoms with E-state index in [-0.39, 0.29) is 35.2 Å². The molecule has 2 aromatic rings. The number of sulfonamides is 1. The van der Waals surface area contributed by atoms with Crippen LogP contribution in [0.4, 0.5) is 25.5 Å². The van der Waals surface area contributed by atoms with Crippen molar-refractivity contribution in [2.75, 3.05) is 22.8 Å². The van der Waals surface area contributed by atoms with E-state index < -0.39 is 38.5 Å². The molecule has 1 aromatic carbocycles. The van der Waals surface area contributed by atoms with Gasteiger partial charge in [0.2, 0.25) is 0 Å². The molecule has 3 rings (SSSR count). The van der Waals surface area contributed by atoms with E-state index in [4.69, 9.17) is 16.3 Å². The van der Waals surface area contributed by atoms with Crippen molar-refractivity contribution in [3.8, 4) is 0 Å². The molecule has 1 fully saturated rings. The van der Waals surface area contributed by atoms with Crippen LogP contribution in [0, 0.1) is 5.82 Å². The number of carbonyl (C=O) groups is 2. The van der Waals surface area contributed by atoms with Crippen molar-refractivity contribution in [2.45, 2.75) is 56.7 Å². The monoisotopic (exact) mass is 548 g/mol. The molecule has 14 heteroatoms. The highest BCUT2D eigenvalue weighted by atomic mass is 35.5. The summed E-state index contributed by atoms with van der Waals surface area (Å²) in [5, 5.41) is 10.6. The van der Waals surface area contributed by atoms with Crippen LogP contribution in [0.15, 0.2) is 27.9 Å². The van der Waals surface area contributed by atoms with Crippen molar-refractivity contribution in [1.82, 2.24) is 9.88 Å². The van der Waals surface area contributed by atoms with Gasteiger partial charge in [0.05, 0.1) is 16.2 Å². The highest BCUT2D eigenvalue weighted by Gasteiger charge is 2.39. The summed E-state index contributed by atoms with van der Waals surface area (Å²) in [5.74, 6) is -1.38. The number of aromatic nitrogens is 1. The number of hydrogen-bond acceptors (Lipinski definition) is 8. The fourth-order valence-corrected chi connectivity index (χ4v) is 6.05. The molecule has 2 amide bonds. The Labute approximate surface area is 211 Å². The maximum Gasteiger partial charge on any atom is 0.430 e. The Hall–Kier alpha value is -2.64. The molecule has 1 N–H and O–H groups in total. The topological polar surface area (TPSA) is 120 Å². The van der Waals surface area contributed by atoms with Gasteiger partial charge < -0.3 is 19.6 Å². The summed E-state index contributed by atoms with van der Waals surface area (Å²) in [5.41, 5.74) is 0.489. The van der Waals surface area contributed by atoms with Crippen LogP contribution in [-0.2, 0) is 14.8 Å². The lowest BCUT2D eigenvalue weighted by Crippen LogP contribution is -2.41. The summed E-state index contributed by atoms with van der Waals surface area (Å²) in [6.07, 6.45) is -1.82. The Morgan fingerprint density at radius 1 is 1.34 bits per heavy atom. The lowest BCUT2D eigenvalue weighted by atomic mass is 10.1. The summed E-state index contributed by atoms with van der Waals surface area (Å²) >= 11 is 7.43. The van der Waals surface area contributed by atoms with Gasteiger partial charge in [0.1, 0.15) is 16.3 Å². The zero-order chi connectivity index (χ0) is 26.3. The zero-order valence-corrected chi connectivity index (χ0v) is 22.1. The molecule has 0 unspecified atom stereocenters. The van der Waals surface area contributed by atoms with Crippen LogP contribution >= 0.6 is 22.9 Å². The number of ether oxygens (including phenoxy) is 1. The van der Waals surface area contributed by atoms with Crippen LogP contribution in [0.25, 0.3) is 0 Å². The lowest BCUT2D eigenvalue weighted by Gasteiger charge is -2.28. The molecule has 35 heavy (non-hydrogen) atoms. The first-order chi connectivity index (χ1) is 16.1. The molecule has 1 aliphatic rings. The number of thiazole rings is 1. The highest BCUT2D eigenvalue weighted by molar-refractivity contribution is 7.93. The minimum atomic E-state index is -4.80. The van der Waals surface area contributed by atoms with Crippen LogP contribution in [-0.4, -0.2) is 66.9 Å². The van der Waals surface area contributed by atoms with E-state index in [2.05, 4.69) is 4.98 Å². The Balaban J connectivity index is 1.99. The molecule has 0 spiro atoms. The highest BCUT2D eigenvalue weighted by Crippen LogP contribution is 2.36. The molecule has 0 aliphatic carbocycles. The van der Waals surface area contributed by atoms with Crippen LogP contribution in [0.3, 0.4) is 0 Å². The van der Waals surface area contributed by atoms with Crippen molar-refractivity contribution in [3.05, 3.63) is 33.9 Å². The third kappa shape index (κ3) is 5.62. The maximum absolute atomic E-state index is 15.3. The molecule has 192 valence electrons. The van der Waals surface area contributed by atoms with Gasteiger partial charge in [-0.2, -0.15) is 0 Å². The first-order valence-electron chi connectivity index (χ1n) is 10.5. The van der Waals surface area contributed by atoms with E-state index in [1.807, 2.05) is 0 Å². The largest absolute Gasteiger partial charge is 0.465 e. The second-order valence-corrected chi connectivity index (χ2v) is 12.0. The number of benzene rings is 1. The summed E-state index contributed by atoms with van der Waals surface area (Å²) in [6, 6.07) is 1.34. The number of anilines is 2. The van der Waals surface area contributed by atoms with E-state index in [1.165, 1.54) is 15.8 Å². The molecular weight excluding hydrogens is 523 g/mol. The second kappa shape index (κ2) is 9.78. The smallest absolute Gasteiger partial charge is 0.430 e. The van der Waals surface area contributed by atoms with Crippen LogP contribution in [0.2, 0.25) is 5.02 Å². The summed E-state index contributed by atoms with van der Waals surface area (Å²) in [4.78, 5) is 30.2. The van der Waals surface area contributed by atoms with Crippen LogP contribution < -0.4 is 9.21 Å². The number of hydrogen-bond donors (Lipinski definition) is 1. The van der Waals surface area contributed by atoms with Gasteiger partial charge in [-0.05, 0) is 40.2 Å². The van der Waals surface area contributed by atoms with Crippen molar-refractivity contribution in [3.63, 3.8) is 0 Å². The predicted molar refractivity (Wildman–Crippen MR) is 130 cm³/mol. The van der Waals surface area contributed by atoms with Gasteiger partial charge in [-0.25, -0.2) is 27.4 Å². The zero-order valence-electron chi connectivity index (χ0n) is 19.7.